The summed E-state index contributed by atoms with van der Waals surface area (Å²) in [6.45, 7) is 4.56. The lowest BCUT2D eigenvalue weighted by molar-refractivity contribution is 0.892. The van der Waals surface area contributed by atoms with Gasteiger partial charge in [0.2, 0.25) is 0 Å². The minimum Gasteiger partial charge on any atom is -0.199 e. The van der Waals surface area contributed by atoms with Crippen molar-refractivity contribution in [1.29, 1.82) is 0 Å². The summed E-state index contributed by atoms with van der Waals surface area (Å²) in [4.78, 5) is 0. The smallest absolute Gasteiger partial charge is 0.00217 e. The van der Waals surface area contributed by atoms with Crippen LogP contribution in [-0.4, -0.2) is 24.0 Å². The third-order valence-electron chi connectivity index (χ3n) is 1.89. The van der Waals surface area contributed by atoms with Crippen LogP contribution in [0.15, 0.2) is 0 Å². The fourth-order valence-corrected chi connectivity index (χ4v) is 5.35. The van der Waals surface area contributed by atoms with Crippen LogP contribution >= 0.6 is 19.9 Å². The van der Waals surface area contributed by atoms with Crippen molar-refractivity contribution in [2.75, 3.05) is 24.0 Å². The highest BCUT2D eigenvalue weighted by Gasteiger charge is 2.10. The Bertz CT molecular complexity index is 100. The number of hydrogen-bond donors (Lipinski definition) is 0. The highest BCUT2D eigenvalue weighted by Crippen LogP contribution is 2.54. The Morgan fingerprint density at radius 3 is 2.08 bits per heavy atom. The van der Waals surface area contributed by atoms with Crippen LogP contribution in [0.3, 0.4) is 0 Å². The number of rotatable bonds is 7. The van der Waals surface area contributed by atoms with Crippen LogP contribution in [0.2, 0.25) is 0 Å². The van der Waals surface area contributed by atoms with Gasteiger partial charge >= 0.3 is 0 Å². The third-order valence-corrected chi connectivity index (χ3v) is 7.17. The molecule has 0 aromatic rings. The molecule has 0 aliphatic rings. The zero-order valence-electron chi connectivity index (χ0n) is 9.06. The van der Waals surface area contributed by atoms with Crippen molar-refractivity contribution >= 4 is 19.9 Å². The molecule has 0 atom stereocenters. The zero-order valence-corrected chi connectivity index (χ0v) is 10.7. The van der Waals surface area contributed by atoms with E-state index in [4.69, 9.17) is 0 Å². The molecule has 0 spiro atoms. The van der Waals surface area contributed by atoms with Crippen LogP contribution < -0.4 is 0 Å². The Morgan fingerprint density at radius 2 is 1.58 bits per heavy atom. The van der Waals surface area contributed by atoms with Crippen molar-refractivity contribution in [2.45, 2.75) is 39.5 Å². The molecular weight excluding hydrogens is 184 g/mol. The van der Waals surface area contributed by atoms with E-state index in [1.165, 1.54) is 37.2 Å². The second-order valence-electron chi connectivity index (χ2n) is 3.67. The van der Waals surface area contributed by atoms with Gasteiger partial charge < -0.3 is 0 Å². The maximum Gasteiger partial charge on any atom is 0.00217 e. The first-order valence-corrected chi connectivity index (χ1v) is 9.10. The summed E-state index contributed by atoms with van der Waals surface area (Å²) in [7, 11) is 1.93. The molecule has 0 aliphatic carbocycles. The molecule has 0 nitrogen and oxygen atoms in total. The SMILES string of the molecule is CCCCSS(C)(C)CCCC. The van der Waals surface area contributed by atoms with Gasteiger partial charge in [-0.1, -0.05) is 26.7 Å². The Morgan fingerprint density at radius 1 is 1.00 bits per heavy atom. The summed E-state index contributed by atoms with van der Waals surface area (Å²) in [5, 5.41) is 0. The van der Waals surface area contributed by atoms with E-state index < -0.39 is 0 Å². The van der Waals surface area contributed by atoms with Gasteiger partial charge in [-0.3, -0.25) is 0 Å². The first-order valence-electron chi connectivity index (χ1n) is 4.97. The van der Waals surface area contributed by atoms with E-state index in [0.29, 0.717) is 0 Å². The molecule has 0 rings (SSSR count). The lowest BCUT2D eigenvalue weighted by Gasteiger charge is -2.30. The van der Waals surface area contributed by atoms with Crippen molar-refractivity contribution in [1.82, 2.24) is 0 Å². The molecular formula is C10H24S2. The van der Waals surface area contributed by atoms with E-state index in [0.717, 1.165) is 0 Å². The van der Waals surface area contributed by atoms with Crippen molar-refractivity contribution in [3.05, 3.63) is 0 Å². The molecule has 0 saturated heterocycles. The molecule has 0 heterocycles. The molecule has 0 saturated carbocycles. The van der Waals surface area contributed by atoms with Crippen LogP contribution in [-0.2, 0) is 0 Å². The summed E-state index contributed by atoms with van der Waals surface area (Å²) in [6, 6.07) is 0. The van der Waals surface area contributed by atoms with Crippen LogP contribution in [0.5, 0.6) is 0 Å². The average molecular weight is 208 g/mol. The van der Waals surface area contributed by atoms with Crippen LogP contribution in [0.4, 0.5) is 0 Å². The third kappa shape index (κ3) is 7.35. The largest absolute Gasteiger partial charge is 0.199 e. The molecule has 76 valence electrons. The molecule has 0 bridgehead atoms. The zero-order chi connectivity index (χ0) is 9.45. The van der Waals surface area contributed by atoms with Crippen molar-refractivity contribution in [3.63, 3.8) is 0 Å². The van der Waals surface area contributed by atoms with E-state index in [1.54, 1.807) is 0 Å². The van der Waals surface area contributed by atoms with E-state index in [2.05, 4.69) is 37.2 Å². The van der Waals surface area contributed by atoms with Gasteiger partial charge in [-0.25, -0.2) is 0 Å². The van der Waals surface area contributed by atoms with Gasteiger partial charge in [0.05, 0.1) is 0 Å². The van der Waals surface area contributed by atoms with Crippen LogP contribution in [0.1, 0.15) is 39.5 Å². The summed E-state index contributed by atoms with van der Waals surface area (Å²) in [6.07, 6.45) is 10.4. The molecule has 12 heavy (non-hydrogen) atoms. The summed E-state index contributed by atoms with van der Waals surface area (Å²) in [5.41, 5.74) is 0. The minimum absolute atomic E-state index is 0.299. The predicted molar refractivity (Wildman–Crippen MR) is 66.6 cm³/mol. The van der Waals surface area contributed by atoms with Crippen LogP contribution in [0.25, 0.3) is 0 Å². The molecule has 0 aromatic carbocycles. The summed E-state index contributed by atoms with van der Waals surface area (Å²) >= 11 is 0. The van der Waals surface area contributed by atoms with Crippen molar-refractivity contribution in [2.24, 2.45) is 0 Å². The maximum absolute atomic E-state index is 2.46. The highest BCUT2D eigenvalue weighted by molar-refractivity contribution is 8.93. The Kier molecular flexibility index (Phi) is 7.55. The van der Waals surface area contributed by atoms with Crippen molar-refractivity contribution < 1.29 is 0 Å². The average Bonchev–Trinajstić information content (AvgIpc) is 2.01. The lowest BCUT2D eigenvalue weighted by Crippen LogP contribution is -1.97. The van der Waals surface area contributed by atoms with E-state index in [9.17, 15) is 0 Å². The van der Waals surface area contributed by atoms with Gasteiger partial charge in [0.25, 0.3) is 0 Å². The summed E-state index contributed by atoms with van der Waals surface area (Å²) in [5.74, 6) is 2.83. The molecule has 0 aliphatic heterocycles. The number of hydrogen-bond acceptors (Lipinski definition) is 1. The van der Waals surface area contributed by atoms with E-state index >= 15 is 0 Å². The molecule has 0 amide bonds. The molecule has 0 fully saturated rings. The van der Waals surface area contributed by atoms with Gasteiger partial charge in [-0.2, -0.15) is 9.06 Å². The Hall–Kier alpha value is 0.700. The standard InChI is InChI=1S/C10H24S2/c1-5-7-9-11-12(3,4)10-8-6-2/h5-10H2,1-4H3. The second kappa shape index (κ2) is 7.14. The monoisotopic (exact) mass is 208 g/mol. The Balaban J connectivity index is 3.42. The highest BCUT2D eigenvalue weighted by atomic mass is 33.2. The quantitative estimate of drug-likeness (QED) is 0.444. The molecule has 0 N–H and O–H groups in total. The molecule has 0 unspecified atom stereocenters. The van der Waals surface area contributed by atoms with Gasteiger partial charge in [0.15, 0.2) is 0 Å². The van der Waals surface area contributed by atoms with Crippen LogP contribution in [0, 0.1) is 0 Å². The lowest BCUT2D eigenvalue weighted by atomic mass is 10.4. The second-order valence-corrected chi connectivity index (χ2v) is 11.0. The van der Waals surface area contributed by atoms with Gasteiger partial charge in [0, 0.05) is 5.75 Å². The molecule has 2 heteroatoms. The first kappa shape index (κ1) is 12.7. The normalized spacial score (nSPS) is 13.3. The summed E-state index contributed by atoms with van der Waals surface area (Å²) < 4.78 is 0. The minimum atomic E-state index is -0.299. The van der Waals surface area contributed by atoms with E-state index in [1.807, 2.05) is 0 Å². The number of unbranched alkanes of at least 4 members (excludes halogenated alkanes) is 2. The topological polar surface area (TPSA) is 0 Å². The van der Waals surface area contributed by atoms with E-state index in [-0.39, 0.29) is 9.06 Å². The molecule has 0 aromatic heterocycles. The predicted octanol–water partition coefficient (Wildman–Crippen LogP) is 4.30. The maximum atomic E-state index is 2.46. The van der Waals surface area contributed by atoms with Gasteiger partial charge in [-0.15, -0.1) is 10.8 Å². The van der Waals surface area contributed by atoms with Gasteiger partial charge in [0.1, 0.15) is 0 Å². The van der Waals surface area contributed by atoms with Gasteiger partial charge in [-0.05, 0) is 31.1 Å². The fourth-order valence-electron chi connectivity index (χ4n) is 0.980. The fraction of sp³-hybridized carbons (Fsp3) is 1.00. The Labute approximate surface area is 83.6 Å². The molecule has 0 radical (unpaired) electrons. The van der Waals surface area contributed by atoms with Crippen molar-refractivity contribution in [3.8, 4) is 0 Å². The first-order chi connectivity index (χ1) is 5.62.